The average Bonchev–Trinajstić information content (AvgIpc) is 3.13. The van der Waals surface area contributed by atoms with Gasteiger partial charge in [-0.15, -0.1) is 0 Å². The lowest BCUT2D eigenvalue weighted by atomic mass is 9.94. The molecule has 0 spiro atoms. The summed E-state index contributed by atoms with van der Waals surface area (Å²) in [6, 6.07) is 0.506. The number of hydrogen-bond donors (Lipinski definition) is 2. The summed E-state index contributed by atoms with van der Waals surface area (Å²) in [6.45, 7) is 5.11. The molecule has 2 bridgehead atoms. The van der Waals surface area contributed by atoms with Crippen molar-refractivity contribution >= 4 is 5.91 Å². The molecule has 1 amide bonds. The second-order valence-electron chi connectivity index (χ2n) is 6.94. The molecule has 3 aliphatic rings. The topological polar surface area (TPSA) is 67.6 Å². The van der Waals surface area contributed by atoms with Crippen LogP contribution in [0.4, 0.5) is 0 Å². The van der Waals surface area contributed by atoms with Gasteiger partial charge in [-0.25, -0.2) is 0 Å². The van der Waals surface area contributed by atoms with E-state index in [-0.39, 0.29) is 5.91 Å². The monoisotopic (exact) mass is 281 g/mol. The van der Waals surface area contributed by atoms with E-state index < -0.39 is 5.54 Å². The highest BCUT2D eigenvalue weighted by Crippen LogP contribution is 2.27. The zero-order valence-corrected chi connectivity index (χ0v) is 12.4. The van der Waals surface area contributed by atoms with Gasteiger partial charge < -0.3 is 15.8 Å². The zero-order valence-electron chi connectivity index (χ0n) is 12.4. The summed E-state index contributed by atoms with van der Waals surface area (Å²) >= 11 is 0. The molecular formula is C15H27N3O2. The molecule has 3 atom stereocenters. The summed E-state index contributed by atoms with van der Waals surface area (Å²) < 4.78 is 5.85. The van der Waals surface area contributed by atoms with Crippen molar-refractivity contribution in [3.63, 3.8) is 0 Å². The lowest BCUT2D eigenvalue weighted by molar-refractivity contribution is -0.124. The number of likely N-dealkylation sites (tertiary alicyclic amines) is 1. The molecule has 2 heterocycles. The van der Waals surface area contributed by atoms with Crippen LogP contribution in [0.25, 0.3) is 0 Å². The number of ether oxygens (including phenoxy) is 1. The first-order valence-electron chi connectivity index (χ1n) is 8.00. The van der Waals surface area contributed by atoms with Gasteiger partial charge in [0.2, 0.25) is 5.91 Å². The number of morpholine rings is 1. The summed E-state index contributed by atoms with van der Waals surface area (Å²) in [6.07, 6.45) is 7.50. The van der Waals surface area contributed by atoms with Crippen LogP contribution >= 0.6 is 0 Å². The van der Waals surface area contributed by atoms with E-state index in [1.807, 2.05) is 6.92 Å². The van der Waals surface area contributed by atoms with Gasteiger partial charge in [0.1, 0.15) is 0 Å². The van der Waals surface area contributed by atoms with E-state index in [0.717, 1.165) is 32.5 Å². The molecule has 3 unspecified atom stereocenters. The number of nitrogens with two attached hydrogens (primary N) is 1. The summed E-state index contributed by atoms with van der Waals surface area (Å²) in [5, 5.41) is 3.42. The normalized spacial score (nSPS) is 33.0. The Bertz CT molecular complexity index is 360. The van der Waals surface area contributed by atoms with E-state index in [2.05, 4.69) is 10.2 Å². The van der Waals surface area contributed by atoms with Gasteiger partial charge in [-0.3, -0.25) is 9.69 Å². The van der Waals surface area contributed by atoms with E-state index in [1.54, 1.807) is 0 Å². The van der Waals surface area contributed by atoms with Crippen molar-refractivity contribution in [2.45, 2.75) is 69.2 Å². The molecule has 1 saturated carbocycles. The van der Waals surface area contributed by atoms with Gasteiger partial charge >= 0.3 is 0 Å². The van der Waals surface area contributed by atoms with E-state index in [0.29, 0.717) is 18.2 Å². The van der Waals surface area contributed by atoms with E-state index >= 15 is 0 Å². The Labute approximate surface area is 121 Å². The highest BCUT2D eigenvalue weighted by molar-refractivity contribution is 5.84. The predicted molar refractivity (Wildman–Crippen MR) is 77.3 cm³/mol. The van der Waals surface area contributed by atoms with Gasteiger partial charge in [0.15, 0.2) is 0 Å². The molecule has 5 heteroatoms. The summed E-state index contributed by atoms with van der Waals surface area (Å²) in [5.74, 6) is -0.216. The van der Waals surface area contributed by atoms with Crippen LogP contribution in [0.2, 0.25) is 0 Å². The van der Waals surface area contributed by atoms with Crippen molar-refractivity contribution < 1.29 is 9.53 Å². The van der Waals surface area contributed by atoms with Gasteiger partial charge in [0.25, 0.3) is 0 Å². The second-order valence-corrected chi connectivity index (χ2v) is 6.94. The third-order valence-electron chi connectivity index (χ3n) is 4.91. The molecule has 5 nitrogen and oxygen atoms in total. The Morgan fingerprint density at radius 2 is 1.95 bits per heavy atom. The van der Waals surface area contributed by atoms with Crippen molar-refractivity contribution in [3.05, 3.63) is 0 Å². The molecule has 1 aliphatic carbocycles. The van der Waals surface area contributed by atoms with Crippen molar-refractivity contribution in [1.82, 2.24) is 10.2 Å². The van der Waals surface area contributed by atoms with E-state index in [4.69, 9.17) is 10.5 Å². The van der Waals surface area contributed by atoms with Crippen LogP contribution in [0.3, 0.4) is 0 Å². The van der Waals surface area contributed by atoms with Crippen LogP contribution < -0.4 is 11.1 Å². The number of hydrogen-bond acceptors (Lipinski definition) is 4. The maximum Gasteiger partial charge on any atom is 0.237 e. The number of rotatable bonds is 7. The van der Waals surface area contributed by atoms with Crippen LogP contribution in [0.15, 0.2) is 0 Å². The third-order valence-corrected chi connectivity index (χ3v) is 4.91. The van der Waals surface area contributed by atoms with Crippen molar-refractivity contribution in [3.8, 4) is 0 Å². The van der Waals surface area contributed by atoms with Crippen LogP contribution in [0.5, 0.6) is 0 Å². The maximum absolute atomic E-state index is 11.7. The van der Waals surface area contributed by atoms with Crippen LogP contribution in [0.1, 0.15) is 45.4 Å². The maximum atomic E-state index is 11.7. The fraction of sp³-hybridized carbons (Fsp3) is 0.933. The molecule has 3 rings (SSSR count). The van der Waals surface area contributed by atoms with Crippen LogP contribution in [-0.2, 0) is 9.53 Å². The number of amides is 1. The molecule has 20 heavy (non-hydrogen) atoms. The van der Waals surface area contributed by atoms with Gasteiger partial charge in [-0.2, -0.15) is 0 Å². The Balaban J connectivity index is 1.44. The Morgan fingerprint density at radius 1 is 1.30 bits per heavy atom. The third kappa shape index (κ3) is 3.32. The first-order valence-corrected chi connectivity index (χ1v) is 8.00. The first kappa shape index (κ1) is 14.3. The second kappa shape index (κ2) is 5.62. The molecule has 0 aromatic carbocycles. The highest BCUT2D eigenvalue weighted by Gasteiger charge is 2.37. The summed E-state index contributed by atoms with van der Waals surface area (Å²) in [5.41, 5.74) is 5.05. The first-order chi connectivity index (χ1) is 9.55. The van der Waals surface area contributed by atoms with Crippen molar-refractivity contribution in [2.24, 2.45) is 5.73 Å². The molecule has 2 aliphatic heterocycles. The molecule has 0 aromatic rings. The predicted octanol–water partition coefficient (Wildman–Crippen LogP) is 0.626. The quantitative estimate of drug-likeness (QED) is 0.718. The van der Waals surface area contributed by atoms with Gasteiger partial charge in [0.05, 0.1) is 17.7 Å². The minimum absolute atomic E-state index is 0.216. The van der Waals surface area contributed by atoms with Crippen LogP contribution in [0, 0.1) is 0 Å². The number of fused-ring (bicyclic) bond motifs is 2. The number of carbonyl (C=O) groups is 1. The minimum Gasteiger partial charge on any atom is -0.372 e. The number of nitrogens with one attached hydrogen (secondary N) is 1. The van der Waals surface area contributed by atoms with Crippen molar-refractivity contribution in [2.75, 3.05) is 19.6 Å². The number of primary amides is 1. The van der Waals surface area contributed by atoms with Gasteiger partial charge in [-0.05, 0) is 52.0 Å². The zero-order chi connectivity index (χ0) is 14.2. The fourth-order valence-electron chi connectivity index (χ4n) is 3.48. The molecule has 3 N–H and O–H groups in total. The number of nitrogens with zero attached hydrogens (tertiary/aromatic N) is 1. The van der Waals surface area contributed by atoms with Gasteiger partial charge in [-0.1, -0.05) is 0 Å². The van der Waals surface area contributed by atoms with E-state index in [1.165, 1.54) is 25.7 Å². The summed E-state index contributed by atoms with van der Waals surface area (Å²) in [4.78, 5) is 14.2. The lowest BCUT2D eigenvalue weighted by Crippen LogP contribution is -2.54. The Hall–Kier alpha value is -0.650. The Kier molecular flexibility index (Phi) is 4.02. The lowest BCUT2D eigenvalue weighted by Gasteiger charge is -2.33. The highest BCUT2D eigenvalue weighted by atomic mass is 16.5. The molecule has 3 fully saturated rings. The molecule has 2 saturated heterocycles. The summed E-state index contributed by atoms with van der Waals surface area (Å²) in [7, 11) is 0. The van der Waals surface area contributed by atoms with Crippen molar-refractivity contribution in [1.29, 1.82) is 0 Å². The molecule has 0 aromatic heterocycles. The van der Waals surface area contributed by atoms with Crippen LogP contribution in [-0.4, -0.2) is 54.2 Å². The SMILES string of the molecule is CC(CCCN1CC2CCC(C1)O2)(NC1CC1)C(N)=O. The molecular weight excluding hydrogens is 254 g/mol. The molecule has 114 valence electrons. The standard InChI is InChI=1S/C15H27N3O2/c1-15(14(16)19,17-11-3-4-11)7-2-8-18-9-12-5-6-13(10-18)20-12/h11-13,17H,2-10H2,1H3,(H2,16,19). The molecule has 0 radical (unpaired) electrons. The fourth-order valence-corrected chi connectivity index (χ4v) is 3.48. The largest absolute Gasteiger partial charge is 0.372 e. The van der Waals surface area contributed by atoms with E-state index in [9.17, 15) is 4.79 Å². The number of carbonyl (C=O) groups excluding carboxylic acids is 1. The van der Waals surface area contributed by atoms with Gasteiger partial charge in [0, 0.05) is 19.1 Å². The smallest absolute Gasteiger partial charge is 0.237 e. The Morgan fingerprint density at radius 3 is 2.50 bits per heavy atom. The average molecular weight is 281 g/mol. The minimum atomic E-state index is -0.535.